The van der Waals surface area contributed by atoms with Crippen molar-refractivity contribution in [2.24, 2.45) is 11.1 Å². The summed E-state index contributed by atoms with van der Waals surface area (Å²) in [6.07, 6.45) is 5.32. The zero-order valence-electron chi connectivity index (χ0n) is 8.06. The topological polar surface area (TPSA) is 26.0 Å². The molecular weight excluding hydrogens is 134 g/mol. The van der Waals surface area contributed by atoms with Crippen LogP contribution in [0.15, 0.2) is 12.7 Å². The highest BCUT2D eigenvalue weighted by atomic mass is 14.7. The van der Waals surface area contributed by atoms with Crippen LogP contribution in [0.5, 0.6) is 0 Å². The summed E-state index contributed by atoms with van der Waals surface area (Å²) in [5, 5.41) is 0. The molecule has 0 saturated heterocycles. The van der Waals surface area contributed by atoms with Crippen molar-refractivity contribution in [3.63, 3.8) is 0 Å². The molecule has 0 amide bonds. The van der Waals surface area contributed by atoms with Gasteiger partial charge in [-0.15, -0.1) is 6.58 Å². The summed E-state index contributed by atoms with van der Waals surface area (Å²) in [7, 11) is 0. The molecule has 0 aliphatic rings. The standard InChI is InChI=1S/C10H21N/c1-5-6-7-8-9(11)10(2,3)4/h5,9H,1,6-8,11H2,2-4H3. The number of rotatable bonds is 4. The zero-order chi connectivity index (χ0) is 8.91. The van der Waals surface area contributed by atoms with Crippen LogP contribution in [0.4, 0.5) is 0 Å². The number of allylic oxidation sites excluding steroid dienone is 1. The molecule has 0 aromatic heterocycles. The van der Waals surface area contributed by atoms with Gasteiger partial charge in [-0.3, -0.25) is 0 Å². The van der Waals surface area contributed by atoms with Crippen molar-refractivity contribution in [3.8, 4) is 0 Å². The molecule has 1 nitrogen and oxygen atoms in total. The zero-order valence-corrected chi connectivity index (χ0v) is 8.06. The van der Waals surface area contributed by atoms with E-state index in [4.69, 9.17) is 5.73 Å². The van der Waals surface area contributed by atoms with Gasteiger partial charge in [0, 0.05) is 6.04 Å². The normalized spacial score (nSPS) is 14.5. The quantitative estimate of drug-likeness (QED) is 0.490. The first-order chi connectivity index (χ1) is 4.98. The maximum Gasteiger partial charge on any atom is 0.00877 e. The van der Waals surface area contributed by atoms with Gasteiger partial charge in [0.25, 0.3) is 0 Å². The minimum atomic E-state index is 0.251. The summed E-state index contributed by atoms with van der Waals surface area (Å²) in [6.45, 7) is 10.2. The molecule has 1 atom stereocenters. The second kappa shape index (κ2) is 4.55. The van der Waals surface area contributed by atoms with Crippen LogP contribution in [0.1, 0.15) is 40.0 Å². The fourth-order valence-electron chi connectivity index (χ4n) is 0.915. The van der Waals surface area contributed by atoms with E-state index in [1.54, 1.807) is 0 Å². The highest BCUT2D eigenvalue weighted by Crippen LogP contribution is 2.21. The lowest BCUT2D eigenvalue weighted by molar-refractivity contribution is 0.302. The molecule has 1 heteroatoms. The molecule has 1 unspecified atom stereocenters. The predicted octanol–water partition coefficient (Wildman–Crippen LogP) is 2.72. The summed E-state index contributed by atoms with van der Waals surface area (Å²) < 4.78 is 0. The maximum atomic E-state index is 5.96. The van der Waals surface area contributed by atoms with Crippen LogP contribution >= 0.6 is 0 Å². The minimum absolute atomic E-state index is 0.251. The van der Waals surface area contributed by atoms with Crippen LogP contribution in [0.3, 0.4) is 0 Å². The smallest absolute Gasteiger partial charge is 0.00877 e. The molecule has 66 valence electrons. The molecule has 0 aliphatic carbocycles. The Bertz CT molecular complexity index is 111. The van der Waals surface area contributed by atoms with Crippen LogP contribution in [0.2, 0.25) is 0 Å². The van der Waals surface area contributed by atoms with E-state index in [0.717, 1.165) is 12.8 Å². The van der Waals surface area contributed by atoms with E-state index < -0.39 is 0 Å². The monoisotopic (exact) mass is 155 g/mol. The lowest BCUT2D eigenvalue weighted by atomic mass is 9.84. The first-order valence-corrected chi connectivity index (χ1v) is 4.35. The Balaban J connectivity index is 3.52. The highest BCUT2D eigenvalue weighted by molar-refractivity contribution is 4.78. The summed E-state index contributed by atoms with van der Waals surface area (Å²) in [6, 6.07) is 0.322. The minimum Gasteiger partial charge on any atom is -0.327 e. The Hall–Kier alpha value is -0.300. The Morgan fingerprint density at radius 1 is 1.45 bits per heavy atom. The summed E-state index contributed by atoms with van der Waals surface area (Å²) >= 11 is 0. The molecule has 0 saturated carbocycles. The van der Waals surface area contributed by atoms with Gasteiger partial charge < -0.3 is 5.73 Å². The van der Waals surface area contributed by atoms with Gasteiger partial charge in [-0.25, -0.2) is 0 Å². The average Bonchev–Trinajstić information content (AvgIpc) is 1.86. The van der Waals surface area contributed by atoms with Crippen LogP contribution in [0, 0.1) is 5.41 Å². The van der Waals surface area contributed by atoms with Gasteiger partial charge >= 0.3 is 0 Å². The first-order valence-electron chi connectivity index (χ1n) is 4.35. The summed E-state index contributed by atoms with van der Waals surface area (Å²) in [4.78, 5) is 0. The van der Waals surface area contributed by atoms with E-state index in [0.29, 0.717) is 6.04 Å². The molecule has 0 aromatic carbocycles. The van der Waals surface area contributed by atoms with E-state index in [-0.39, 0.29) is 5.41 Å². The lowest BCUT2D eigenvalue weighted by Gasteiger charge is -2.26. The SMILES string of the molecule is C=CCCCC(N)C(C)(C)C. The van der Waals surface area contributed by atoms with E-state index in [1.165, 1.54) is 6.42 Å². The third-order valence-corrected chi connectivity index (χ3v) is 2.04. The lowest BCUT2D eigenvalue weighted by Crippen LogP contribution is -2.34. The van der Waals surface area contributed by atoms with Crippen LogP contribution in [-0.4, -0.2) is 6.04 Å². The van der Waals surface area contributed by atoms with Gasteiger partial charge in [0.2, 0.25) is 0 Å². The fourth-order valence-corrected chi connectivity index (χ4v) is 0.915. The van der Waals surface area contributed by atoms with Gasteiger partial charge in [0.15, 0.2) is 0 Å². The van der Waals surface area contributed by atoms with Crippen molar-refractivity contribution in [1.29, 1.82) is 0 Å². The van der Waals surface area contributed by atoms with E-state index in [2.05, 4.69) is 27.4 Å². The van der Waals surface area contributed by atoms with Gasteiger partial charge in [-0.1, -0.05) is 26.8 Å². The molecule has 0 heterocycles. The number of hydrogen-bond donors (Lipinski definition) is 1. The van der Waals surface area contributed by atoms with E-state index >= 15 is 0 Å². The van der Waals surface area contributed by atoms with E-state index in [1.807, 2.05) is 6.08 Å². The van der Waals surface area contributed by atoms with E-state index in [9.17, 15) is 0 Å². The maximum absolute atomic E-state index is 5.96. The second-order valence-corrected chi connectivity index (χ2v) is 4.19. The molecule has 0 radical (unpaired) electrons. The molecule has 0 aliphatic heterocycles. The highest BCUT2D eigenvalue weighted by Gasteiger charge is 2.19. The van der Waals surface area contributed by atoms with Gasteiger partial charge in [0.05, 0.1) is 0 Å². The number of unbranched alkanes of at least 4 members (excludes halogenated alkanes) is 1. The largest absolute Gasteiger partial charge is 0.327 e. The average molecular weight is 155 g/mol. The number of nitrogens with two attached hydrogens (primary N) is 1. The molecule has 0 rings (SSSR count). The third kappa shape index (κ3) is 5.02. The Morgan fingerprint density at radius 3 is 2.36 bits per heavy atom. The third-order valence-electron chi connectivity index (χ3n) is 2.04. The van der Waals surface area contributed by atoms with Gasteiger partial charge in [-0.05, 0) is 24.7 Å². The molecular formula is C10H21N. The second-order valence-electron chi connectivity index (χ2n) is 4.19. The number of hydrogen-bond acceptors (Lipinski definition) is 1. The molecule has 11 heavy (non-hydrogen) atoms. The summed E-state index contributed by atoms with van der Waals surface area (Å²) in [5.74, 6) is 0. The first kappa shape index (κ1) is 10.7. The van der Waals surface area contributed by atoms with Gasteiger partial charge in [-0.2, -0.15) is 0 Å². The van der Waals surface area contributed by atoms with Crippen molar-refractivity contribution in [1.82, 2.24) is 0 Å². The van der Waals surface area contributed by atoms with Gasteiger partial charge in [0.1, 0.15) is 0 Å². The fraction of sp³-hybridized carbons (Fsp3) is 0.800. The van der Waals surface area contributed by atoms with Crippen molar-refractivity contribution in [2.75, 3.05) is 0 Å². The van der Waals surface area contributed by atoms with Crippen LogP contribution in [0.25, 0.3) is 0 Å². The van der Waals surface area contributed by atoms with Crippen molar-refractivity contribution in [3.05, 3.63) is 12.7 Å². The molecule has 0 spiro atoms. The van der Waals surface area contributed by atoms with Crippen molar-refractivity contribution < 1.29 is 0 Å². The predicted molar refractivity (Wildman–Crippen MR) is 51.5 cm³/mol. The molecule has 0 fully saturated rings. The van der Waals surface area contributed by atoms with Crippen molar-refractivity contribution in [2.45, 2.75) is 46.1 Å². The van der Waals surface area contributed by atoms with Crippen LogP contribution in [-0.2, 0) is 0 Å². The van der Waals surface area contributed by atoms with Crippen LogP contribution < -0.4 is 5.73 Å². The Labute approximate surface area is 70.7 Å². The summed E-state index contributed by atoms with van der Waals surface area (Å²) in [5.41, 5.74) is 6.21. The molecule has 0 bridgehead atoms. The Kier molecular flexibility index (Phi) is 4.43. The Morgan fingerprint density at radius 2 is 2.00 bits per heavy atom. The molecule has 2 N–H and O–H groups in total. The van der Waals surface area contributed by atoms with Crippen molar-refractivity contribution >= 4 is 0 Å². The molecule has 0 aromatic rings.